The molecule has 0 aliphatic heterocycles. The average molecular weight is 284 g/mol. The zero-order valence-corrected chi connectivity index (χ0v) is 11.7. The molecule has 0 aliphatic carbocycles. The molecule has 7 nitrogen and oxygen atoms in total. The summed E-state index contributed by atoms with van der Waals surface area (Å²) in [5.41, 5.74) is 1.02. The quantitative estimate of drug-likeness (QED) is 0.839. The van der Waals surface area contributed by atoms with Gasteiger partial charge in [0.15, 0.2) is 5.82 Å². The van der Waals surface area contributed by atoms with E-state index in [0.29, 0.717) is 35.2 Å². The second kappa shape index (κ2) is 5.40. The van der Waals surface area contributed by atoms with Crippen LogP contribution in [0.15, 0.2) is 10.9 Å². The van der Waals surface area contributed by atoms with Gasteiger partial charge in [-0.05, 0) is 6.92 Å². The van der Waals surface area contributed by atoms with Gasteiger partial charge in [0.25, 0.3) is 5.91 Å². The molecule has 19 heavy (non-hydrogen) atoms. The Morgan fingerprint density at radius 1 is 1.58 bits per heavy atom. The summed E-state index contributed by atoms with van der Waals surface area (Å²) in [5, 5.41) is 8.20. The molecule has 0 saturated carbocycles. The van der Waals surface area contributed by atoms with Crippen molar-refractivity contribution in [3.05, 3.63) is 28.6 Å². The van der Waals surface area contributed by atoms with Gasteiger partial charge < -0.3 is 9.42 Å². The maximum absolute atomic E-state index is 12.3. The number of amides is 1. The van der Waals surface area contributed by atoms with Crippen molar-refractivity contribution in [1.82, 2.24) is 24.8 Å². The van der Waals surface area contributed by atoms with Gasteiger partial charge in [-0.15, -0.1) is 0 Å². The lowest BCUT2D eigenvalue weighted by Crippen LogP contribution is -2.30. The number of halogens is 1. The van der Waals surface area contributed by atoms with Gasteiger partial charge in [0, 0.05) is 27.1 Å². The van der Waals surface area contributed by atoms with Crippen LogP contribution in [0.1, 0.15) is 22.0 Å². The summed E-state index contributed by atoms with van der Waals surface area (Å²) in [4.78, 5) is 17.7. The normalized spacial score (nSPS) is 10.7. The highest BCUT2D eigenvalue weighted by Crippen LogP contribution is 2.20. The van der Waals surface area contributed by atoms with Crippen LogP contribution in [-0.2, 0) is 13.5 Å². The molecule has 2 aromatic heterocycles. The minimum absolute atomic E-state index is 0.184. The van der Waals surface area contributed by atoms with Crippen molar-refractivity contribution >= 4 is 17.5 Å². The first kappa shape index (κ1) is 13.5. The number of hydrogen-bond acceptors (Lipinski definition) is 5. The zero-order valence-electron chi connectivity index (χ0n) is 10.9. The summed E-state index contributed by atoms with van der Waals surface area (Å²) in [6.45, 7) is 2.23. The molecule has 0 spiro atoms. The highest BCUT2D eigenvalue weighted by Gasteiger charge is 2.21. The Morgan fingerprint density at radius 3 is 2.84 bits per heavy atom. The number of aromatic nitrogens is 4. The van der Waals surface area contributed by atoms with Gasteiger partial charge >= 0.3 is 0 Å². The van der Waals surface area contributed by atoms with Gasteiger partial charge in [0.2, 0.25) is 6.39 Å². The standard InChI is InChI=1S/C11H14ClN5O2/c1-7-9(12)10(17(3)14-7)11(18)16(2)5-4-8-13-6-19-15-8/h6H,4-5H2,1-3H3. The fraction of sp³-hybridized carbons (Fsp3) is 0.455. The third-order valence-electron chi connectivity index (χ3n) is 2.78. The van der Waals surface area contributed by atoms with Gasteiger partial charge in [0.1, 0.15) is 5.69 Å². The van der Waals surface area contributed by atoms with Crippen molar-refractivity contribution < 1.29 is 9.32 Å². The molecule has 0 aliphatic rings. The maximum Gasteiger partial charge on any atom is 0.273 e. The van der Waals surface area contributed by atoms with E-state index < -0.39 is 0 Å². The van der Waals surface area contributed by atoms with Crippen LogP contribution in [0.25, 0.3) is 0 Å². The van der Waals surface area contributed by atoms with Crippen molar-refractivity contribution in [3.63, 3.8) is 0 Å². The van der Waals surface area contributed by atoms with Crippen LogP contribution in [0, 0.1) is 6.92 Å². The van der Waals surface area contributed by atoms with E-state index in [2.05, 4.69) is 19.8 Å². The minimum Gasteiger partial charge on any atom is -0.343 e. The summed E-state index contributed by atoms with van der Waals surface area (Å²) < 4.78 is 6.12. The first-order valence-corrected chi connectivity index (χ1v) is 6.08. The Bertz CT molecular complexity index is 578. The fourth-order valence-electron chi connectivity index (χ4n) is 1.72. The average Bonchev–Trinajstić information content (AvgIpc) is 2.96. The molecule has 0 N–H and O–H groups in total. The van der Waals surface area contributed by atoms with E-state index in [-0.39, 0.29) is 5.91 Å². The molecule has 2 heterocycles. The predicted molar refractivity (Wildman–Crippen MR) is 67.9 cm³/mol. The molecule has 0 aromatic carbocycles. The Hall–Kier alpha value is -1.89. The van der Waals surface area contributed by atoms with Crippen molar-refractivity contribution in [2.75, 3.05) is 13.6 Å². The molecule has 0 saturated heterocycles. The van der Waals surface area contributed by atoms with Gasteiger partial charge in [-0.1, -0.05) is 16.8 Å². The van der Waals surface area contributed by atoms with Crippen molar-refractivity contribution in [2.24, 2.45) is 7.05 Å². The van der Waals surface area contributed by atoms with Crippen molar-refractivity contribution in [3.8, 4) is 0 Å². The summed E-state index contributed by atoms with van der Waals surface area (Å²) in [7, 11) is 3.39. The van der Waals surface area contributed by atoms with Gasteiger partial charge in [-0.3, -0.25) is 9.48 Å². The minimum atomic E-state index is -0.184. The van der Waals surface area contributed by atoms with E-state index >= 15 is 0 Å². The third kappa shape index (κ3) is 2.76. The van der Waals surface area contributed by atoms with Crippen LogP contribution in [-0.4, -0.2) is 44.3 Å². The van der Waals surface area contributed by atoms with Crippen molar-refractivity contribution in [2.45, 2.75) is 13.3 Å². The van der Waals surface area contributed by atoms with Gasteiger partial charge in [0.05, 0.1) is 10.7 Å². The highest BCUT2D eigenvalue weighted by atomic mass is 35.5. The summed E-state index contributed by atoms with van der Waals surface area (Å²) in [6, 6.07) is 0. The van der Waals surface area contributed by atoms with E-state index in [0.717, 1.165) is 0 Å². The molecule has 0 atom stereocenters. The van der Waals surface area contributed by atoms with Crippen LogP contribution in [0.2, 0.25) is 5.02 Å². The fourth-order valence-corrected chi connectivity index (χ4v) is 1.96. The summed E-state index contributed by atoms with van der Waals surface area (Å²) in [6.07, 6.45) is 1.78. The molecule has 8 heteroatoms. The lowest BCUT2D eigenvalue weighted by Gasteiger charge is -2.16. The second-order valence-corrected chi connectivity index (χ2v) is 4.57. The lowest BCUT2D eigenvalue weighted by molar-refractivity contribution is 0.0785. The second-order valence-electron chi connectivity index (χ2n) is 4.20. The zero-order chi connectivity index (χ0) is 14.0. The van der Waals surface area contributed by atoms with Gasteiger partial charge in [-0.25, -0.2) is 0 Å². The molecule has 102 valence electrons. The molecule has 0 radical (unpaired) electrons. The van der Waals surface area contributed by atoms with E-state index in [9.17, 15) is 4.79 Å². The highest BCUT2D eigenvalue weighted by molar-refractivity contribution is 6.34. The van der Waals surface area contributed by atoms with Crippen LogP contribution >= 0.6 is 11.6 Å². The molecule has 2 aromatic rings. The first-order valence-electron chi connectivity index (χ1n) is 5.70. The molecule has 0 unspecified atom stereocenters. The third-order valence-corrected chi connectivity index (χ3v) is 3.23. The van der Waals surface area contributed by atoms with Crippen molar-refractivity contribution in [1.29, 1.82) is 0 Å². The molecular formula is C11H14ClN5O2. The summed E-state index contributed by atoms with van der Waals surface area (Å²) >= 11 is 6.08. The number of rotatable bonds is 4. The van der Waals surface area contributed by atoms with Crippen LogP contribution in [0.5, 0.6) is 0 Å². The predicted octanol–water partition coefficient (Wildman–Crippen LogP) is 1.08. The smallest absolute Gasteiger partial charge is 0.273 e. The lowest BCUT2D eigenvalue weighted by atomic mass is 10.3. The number of carbonyl (C=O) groups excluding carboxylic acids is 1. The van der Waals surface area contributed by atoms with E-state index in [1.807, 2.05) is 0 Å². The number of nitrogens with zero attached hydrogens (tertiary/aromatic N) is 5. The number of aryl methyl sites for hydroxylation is 2. The molecule has 1 amide bonds. The van der Waals surface area contributed by atoms with E-state index in [1.54, 1.807) is 25.9 Å². The monoisotopic (exact) mass is 283 g/mol. The molecular weight excluding hydrogens is 270 g/mol. The maximum atomic E-state index is 12.3. The first-order chi connectivity index (χ1) is 9.00. The van der Waals surface area contributed by atoms with Crippen LogP contribution in [0.3, 0.4) is 0 Å². The number of hydrogen-bond donors (Lipinski definition) is 0. The largest absolute Gasteiger partial charge is 0.343 e. The Balaban J connectivity index is 2.06. The Labute approximate surface area is 115 Å². The SMILES string of the molecule is Cc1nn(C)c(C(=O)N(C)CCc2ncon2)c1Cl. The number of likely N-dealkylation sites (N-methyl/N-ethyl adjacent to an activating group) is 1. The van der Waals surface area contributed by atoms with Crippen LogP contribution < -0.4 is 0 Å². The number of carbonyl (C=O) groups is 1. The molecule has 0 fully saturated rings. The van der Waals surface area contributed by atoms with E-state index in [4.69, 9.17) is 11.6 Å². The van der Waals surface area contributed by atoms with E-state index in [1.165, 1.54) is 11.1 Å². The topological polar surface area (TPSA) is 77.0 Å². The Morgan fingerprint density at radius 2 is 2.32 bits per heavy atom. The van der Waals surface area contributed by atoms with Crippen LogP contribution in [0.4, 0.5) is 0 Å². The molecule has 0 bridgehead atoms. The Kier molecular flexibility index (Phi) is 3.84. The molecule has 2 rings (SSSR count). The summed E-state index contributed by atoms with van der Waals surface area (Å²) in [5.74, 6) is 0.378. The van der Waals surface area contributed by atoms with Gasteiger partial charge in [-0.2, -0.15) is 10.1 Å².